The van der Waals surface area contributed by atoms with E-state index in [4.69, 9.17) is 9.39 Å². The van der Waals surface area contributed by atoms with Crippen LogP contribution in [0.15, 0.2) is 18.2 Å². The SMILES string of the molecule is CCC(Oc1ccc2c(c1)COB2O)C(C)=O. The largest absolute Gasteiger partial charge is 0.491 e. The van der Waals surface area contributed by atoms with Crippen LogP contribution in [0.2, 0.25) is 0 Å². The van der Waals surface area contributed by atoms with Crippen molar-refractivity contribution in [3.8, 4) is 5.75 Å². The molecule has 0 radical (unpaired) electrons. The van der Waals surface area contributed by atoms with Crippen LogP contribution in [-0.2, 0) is 16.1 Å². The first-order chi connectivity index (χ1) is 8.11. The second kappa shape index (κ2) is 4.90. The van der Waals surface area contributed by atoms with E-state index in [1.807, 2.05) is 13.0 Å². The smallest absolute Gasteiger partial charge is 0.483 e. The molecule has 5 heteroatoms. The average molecular weight is 234 g/mol. The minimum atomic E-state index is -0.839. The van der Waals surface area contributed by atoms with Gasteiger partial charge in [-0.15, -0.1) is 0 Å². The zero-order valence-corrected chi connectivity index (χ0v) is 9.97. The van der Waals surface area contributed by atoms with E-state index < -0.39 is 13.2 Å². The van der Waals surface area contributed by atoms with E-state index in [1.54, 1.807) is 12.1 Å². The molecule has 1 aromatic rings. The number of carbonyl (C=O) groups excluding carboxylic acids is 1. The van der Waals surface area contributed by atoms with E-state index in [9.17, 15) is 9.82 Å². The Balaban J connectivity index is 2.16. The number of hydrogen-bond donors (Lipinski definition) is 1. The molecule has 0 spiro atoms. The average Bonchev–Trinajstić information content (AvgIpc) is 2.67. The van der Waals surface area contributed by atoms with Gasteiger partial charge < -0.3 is 14.4 Å². The van der Waals surface area contributed by atoms with Gasteiger partial charge in [-0.1, -0.05) is 13.0 Å². The zero-order chi connectivity index (χ0) is 12.4. The maximum Gasteiger partial charge on any atom is 0.491 e. The number of carbonyl (C=O) groups is 1. The maximum atomic E-state index is 11.3. The topological polar surface area (TPSA) is 55.8 Å². The van der Waals surface area contributed by atoms with Crippen molar-refractivity contribution in [3.05, 3.63) is 23.8 Å². The van der Waals surface area contributed by atoms with Crippen molar-refractivity contribution in [2.45, 2.75) is 33.0 Å². The lowest BCUT2D eigenvalue weighted by Gasteiger charge is -2.15. The molecule has 17 heavy (non-hydrogen) atoms. The number of benzene rings is 1. The molecule has 0 bridgehead atoms. The van der Waals surface area contributed by atoms with Gasteiger partial charge in [0.1, 0.15) is 5.75 Å². The van der Waals surface area contributed by atoms with Crippen LogP contribution in [0, 0.1) is 0 Å². The lowest BCUT2D eigenvalue weighted by molar-refractivity contribution is -0.123. The summed E-state index contributed by atoms with van der Waals surface area (Å²) in [7, 11) is -0.839. The van der Waals surface area contributed by atoms with E-state index in [2.05, 4.69) is 0 Å². The summed E-state index contributed by atoms with van der Waals surface area (Å²) in [4.78, 5) is 11.3. The maximum absolute atomic E-state index is 11.3. The molecule has 1 atom stereocenters. The van der Waals surface area contributed by atoms with E-state index in [0.717, 1.165) is 11.0 Å². The van der Waals surface area contributed by atoms with Crippen molar-refractivity contribution in [1.29, 1.82) is 0 Å². The lowest BCUT2D eigenvalue weighted by Crippen LogP contribution is -2.28. The zero-order valence-electron chi connectivity index (χ0n) is 9.97. The van der Waals surface area contributed by atoms with E-state index in [1.165, 1.54) is 6.92 Å². The Morgan fingerprint density at radius 1 is 1.65 bits per heavy atom. The summed E-state index contributed by atoms with van der Waals surface area (Å²) in [5.41, 5.74) is 1.68. The highest BCUT2D eigenvalue weighted by Gasteiger charge is 2.27. The highest BCUT2D eigenvalue weighted by molar-refractivity contribution is 6.61. The first-order valence-corrected chi connectivity index (χ1v) is 5.71. The Hall–Kier alpha value is -1.33. The van der Waals surface area contributed by atoms with Crippen molar-refractivity contribution in [2.24, 2.45) is 0 Å². The van der Waals surface area contributed by atoms with Crippen molar-refractivity contribution >= 4 is 18.4 Å². The van der Waals surface area contributed by atoms with Crippen LogP contribution in [0.3, 0.4) is 0 Å². The Labute approximate surface area is 101 Å². The second-order valence-corrected chi connectivity index (χ2v) is 4.15. The van der Waals surface area contributed by atoms with Gasteiger partial charge in [-0.25, -0.2) is 0 Å². The molecule has 1 aliphatic heterocycles. The summed E-state index contributed by atoms with van der Waals surface area (Å²) in [6, 6.07) is 5.34. The Bertz CT molecular complexity index is 433. The second-order valence-electron chi connectivity index (χ2n) is 4.15. The van der Waals surface area contributed by atoms with Gasteiger partial charge >= 0.3 is 7.12 Å². The number of Topliss-reactive ketones (excluding diaryl/α,β-unsaturated/α-hetero) is 1. The van der Waals surface area contributed by atoms with Crippen molar-refractivity contribution in [2.75, 3.05) is 0 Å². The molecule has 1 N–H and O–H groups in total. The molecule has 4 nitrogen and oxygen atoms in total. The third-order valence-electron chi connectivity index (χ3n) is 2.88. The molecule has 1 unspecified atom stereocenters. The summed E-state index contributed by atoms with van der Waals surface area (Å²) < 4.78 is 10.7. The fourth-order valence-corrected chi connectivity index (χ4v) is 1.90. The molecule has 0 saturated heterocycles. The Kier molecular flexibility index (Phi) is 3.50. The fraction of sp³-hybridized carbons (Fsp3) is 0.417. The highest BCUT2D eigenvalue weighted by Crippen LogP contribution is 2.19. The Morgan fingerprint density at radius 2 is 2.41 bits per heavy atom. The minimum Gasteiger partial charge on any atom is -0.483 e. The predicted molar refractivity (Wildman–Crippen MR) is 64.2 cm³/mol. The first-order valence-electron chi connectivity index (χ1n) is 5.71. The summed E-state index contributed by atoms with van der Waals surface area (Å²) in [5, 5.41) is 9.47. The number of rotatable bonds is 4. The van der Waals surface area contributed by atoms with Gasteiger partial charge in [0, 0.05) is 0 Å². The van der Waals surface area contributed by atoms with Crippen LogP contribution >= 0.6 is 0 Å². The van der Waals surface area contributed by atoms with Gasteiger partial charge in [-0.3, -0.25) is 4.79 Å². The van der Waals surface area contributed by atoms with Gasteiger partial charge in [0.15, 0.2) is 11.9 Å². The highest BCUT2D eigenvalue weighted by atomic mass is 16.5. The first kappa shape index (κ1) is 12.1. The molecule has 0 fully saturated rings. The van der Waals surface area contributed by atoms with Crippen molar-refractivity contribution in [1.82, 2.24) is 0 Å². The van der Waals surface area contributed by atoms with E-state index >= 15 is 0 Å². The third-order valence-corrected chi connectivity index (χ3v) is 2.88. The summed E-state index contributed by atoms with van der Waals surface area (Å²) in [5.74, 6) is 0.660. The van der Waals surface area contributed by atoms with Crippen LogP contribution in [0.4, 0.5) is 0 Å². The van der Waals surface area contributed by atoms with Gasteiger partial charge in [0.25, 0.3) is 0 Å². The summed E-state index contributed by atoms with van der Waals surface area (Å²) in [6.07, 6.45) is 0.242. The van der Waals surface area contributed by atoms with Gasteiger partial charge in [0.05, 0.1) is 6.61 Å². The molecule has 0 saturated carbocycles. The monoisotopic (exact) mass is 234 g/mol. The summed E-state index contributed by atoms with van der Waals surface area (Å²) >= 11 is 0. The van der Waals surface area contributed by atoms with Gasteiger partial charge in [0.2, 0.25) is 0 Å². The van der Waals surface area contributed by atoms with Crippen molar-refractivity contribution < 1.29 is 19.2 Å². The third kappa shape index (κ3) is 2.51. The van der Waals surface area contributed by atoms with Crippen LogP contribution in [0.25, 0.3) is 0 Å². The molecule has 0 aliphatic carbocycles. The minimum absolute atomic E-state index is 0.0179. The number of hydrogen-bond acceptors (Lipinski definition) is 4. The molecule has 2 rings (SSSR count). The van der Waals surface area contributed by atoms with Crippen LogP contribution in [0.1, 0.15) is 25.8 Å². The number of ketones is 1. The fourth-order valence-electron chi connectivity index (χ4n) is 1.90. The Morgan fingerprint density at radius 3 is 3.06 bits per heavy atom. The van der Waals surface area contributed by atoms with Crippen LogP contribution < -0.4 is 10.2 Å². The molecule has 0 aromatic heterocycles. The van der Waals surface area contributed by atoms with Crippen molar-refractivity contribution in [3.63, 3.8) is 0 Å². The predicted octanol–water partition coefficient (Wildman–Crippen LogP) is 0.651. The lowest BCUT2D eigenvalue weighted by atomic mass is 9.79. The molecule has 1 heterocycles. The number of fused-ring (bicyclic) bond motifs is 1. The normalized spacial score (nSPS) is 15.6. The molecule has 90 valence electrons. The van der Waals surface area contributed by atoms with E-state index in [-0.39, 0.29) is 5.78 Å². The molecule has 1 aliphatic rings. The van der Waals surface area contributed by atoms with E-state index in [0.29, 0.717) is 18.8 Å². The molecule has 1 aromatic carbocycles. The van der Waals surface area contributed by atoms with Crippen LogP contribution in [0.5, 0.6) is 5.75 Å². The quantitative estimate of drug-likeness (QED) is 0.777. The molecule has 0 amide bonds. The summed E-state index contributed by atoms with van der Waals surface area (Å²) in [6.45, 7) is 3.81. The van der Waals surface area contributed by atoms with Crippen LogP contribution in [-0.4, -0.2) is 24.0 Å². The standard InChI is InChI=1S/C12H15BO4/c1-3-12(8(2)14)17-10-4-5-11-9(6-10)7-16-13(11)15/h4-6,12,15H,3,7H2,1-2H3. The molecular weight excluding hydrogens is 219 g/mol. The van der Waals surface area contributed by atoms with Gasteiger partial charge in [-0.05, 0) is 36.5 Å². The number of ether oxygens (including phenoxy) is 1. The molecular formula is C12H15BO4. The van der Waals surface area contributed by atoms with Gasteiger partial charge in [-0.2, -0.15) is 0 Å².